The van der Waals surface area contributed by atoms with Crippen molar-refractivity contribution in [3.63, 3.8) is 0 Å². The third-order valence-electron chi connectivity index (χ3n) is 11.4. The predicted molar refractivity (Wildman–Crippen MR) is 142 cm³/mol. The van der Waals surface area contributed by atoms with Gasteiger partial charge in [-0.3, -0.25) is 4.79 Å². The van der Waals surface area contributed by atoms with E-state index in [1.807, 2.05) is 6.08 Å². The van der Waals surface area contributed by atoms with Gasteiger partial charge in [0.15, 0.2) is 14.1 Å². The second-order valence-corrected chi connectivity index (χ2v) is 18.7. The molecule has 2 nitrogen and oxygen atoms in total. The van der Waals surface area contributed by atoms with E-state index in [9.17, 15) is 4.79 Å². The van der Waals surface area contributed by atoms with Crippen molar-refractivity contribution in [2.75, 3.05) is 0 Å². The average Bonchev–Trinajstić information content (AvgIpc) is 3.04. The van der Waals surface area contributed by atoms with E-state index in [4.69, 9.17) is 4.43 Å². The van der Waals surface area contributed by atoms with Gasteiger partial charge in [0.05, 0.1) is 6.10 Å². The van der Waals surface area contributed by atoms with Crippen LogP contribution in [0.2, 0.25) is 18.1 Å². The molecule has 1 unspecified atom stereocenters. The summed E-state index contributed by atoms with van der Waals surface area (Å²) in [5.74, 6) is 3.23. The van der Waals surface area contributed by atoms with Crippen LogP contribution in [0.5, 0.6) is 0 Å². The third-order valence-corrected chi connectivity index (χ3v) is 15.9. The van der Waals surface area contributed by atoms with E-state index >= 15 is 0 Å². The Morgan fingerprint density at radius 1 is 1.15 bits per heavy atom. The highest BCUT2D eigenvalue weighted by Gasteiger charge is 2.61. The van der Waals surface area contributed by atoms with Crippen LogP contribution in [0.25, 0.3) is 0 Å². The molecule has 0 amide bonds. The lowest BCUT2D eigenvalue weighted by Gasteiger charge is -2.60. The number of fused-ring (bicyclic) bond motifs is 5. The van der Waals surface area contributed by atoms with Gasteiger partial charge in [-0.15, -0.1) is 6.58 Å². The minimum absolute atomic E-state index is 0.220. The number of hydrogen-bond donors (Lipinski definition) is 0. The van der Waals surface area contributed by atoms with E-state index in [-0.39, 0.29) is 10.5 Å². The van der Waals surface area contributed by atoms with Gasteiger partial charge in [0.2, 0.25) is 0 Å². The van der Waals surface area contributed by atoms with Gasteiger partial charge in [-0.25, -0.2) is 0 Å². The fraction of sp³-hybridized carbons (Fsp3) is 0.833. The largest absolute Gasteiger partial charge is 0.413 e. The summed E-state index contributed by atoms with van der Waals surface area (Å²) in [5, 5.41) is 0.268. The molecule has 0 saturated heterocycles. The summed E-state index contributed by atoms with van der Waals surface area (Å²) in [5.41, 5.74) is 2.05. The first kappa shape index (κ1) is 25.4. The van der Waals surface area contributed by atoms with Gasteiger partial charge in [-0.05, 0) is 116 Å². The van der Waals surface area contributed by atoms with Gasteiger partial charge >= 0.3 is 0 Å². The van der Waals surface area contributed by atoms with Gasteiger partial charge in [-0.2, -0.15) is 0 Å². The molecule has 33 heavy (non-hydrogen) atoms. The summed E-state index contributed by atoms with van der Waals surface area (Å²) < 4.78 is 7.12. The molecule has 4 rings (SSSR count). The van der Waals surface area contributed by atoms with Gasteiger partial charge in [0.1, 0.15) is 0 Å². The highest BCUT2D eigenvalue weighted by atomic mass is 28.4. The summed E-state index contributed by atoms with van der Waals surface area (Å²) in [7, 11) is -1.77. The Morgan fingerprint density at radius 3 is 2.55 bits per heavy atom. The zero-order valence-electron chi connectivity index (χ0n) is 22.6. The summed E-state index contributed by atoms with van der Waals surface area (Å²) in [4.78, 5) is 12.6. The van der Waals surface area contributed by atoms with Gasteiger partial charge in [0, 0.05) is 6.42 Å². The maximum atomic E-state index is 12.6. The fourth-order valence-corrected chi connectivity index (χ4v) is 9.81. The van der Waals surface area contributed by atoms with Crippen molar-refractivity contribution >= 4 is 14.1 Å². The molecule has 0 spiro atoms. The summed E-state index contributed by atoms with van der Waals surface area (Å²) in [6, 6.07) is 0. The Hall–Kier alpha value is -0.673. The van der Waals surface area contributed by atoms with E-state index in [1.165, 1.54) is 50.5 Å². The van der Waals surface area contributed by atoms with E-state index in [2.05, 4.69) is 60.4 Å². The lowest BCUT2D eigenvalue weighted by molar-refractivity contribution is -0.122. The second-order valence-electron chi connectivity index (χ2n) is 13.9. The standard InChI is InChI=1S/C30H50O2Si/c1-9-10-11-12-21-19-23(31)20-22-13-14-24-25-15-16-27(32-33(7,8)28(2,3)4)29(25,5)18-17-26(24)30(21,22)6/h9,20-21,24-27H,1,10-19H2,2-8H3/t21?,24-,25-,26-,27+,29-,30-/m0/s1. The summed E-state index contributed by atoms with van der Waals surface area (Å²) in [6.07, 6.45) is 16.4. The number of allylic oxidation sites excluding steroid dienone is 2. The lowest BCUT2D eigenvalue weighted by atomic mass is 9.45. The average molecular weight is 471 g/mol. The number of carbonyl (C=O) groups excluding carboxylic acids is 1. The minimum Gasteiger partial charge on any atom is -0.413 e. The molecule has 7 atom stereocenters. The molecule has 3 fully saturated rings. The Balaban J connectivity index is 1.59. The highest BCUT2D eigenvalue weighted by Crippen LogP contribution is 2.67. The van der Waals surface area contributed by atoms with Gasteiger partial charge in [-0.1, -0.05) is 46.3 Å². The SMILES string of the molecule is C=CCCCC1CC(=O)C=C2CC[C@H]3[C@@H]4CC[C@@H](O[Si](C)(C)C(C)(C)C)[C@@]4(C)CC[C@@H]3[C@]21C. The molecule has 4 aliphatic carbocycles. The molecular formula is C30H50O2Si. The summed E-state index contributed by atoms with van der Waals surface area (Å²) in [6.45, 7) is 21.0. The van der Waals surface area contributed by atoms with Crippen LogP contribution >= 0.6 is 0 Å². The maximum Gasteiger partial charge on any atom is 0.192 e. The first-order valence-electron chi connectivity index (χ1n) is 13.9. The van der Waals surface area contributed by atoms with Crippen LogP contribution in [-0.4, -0.2) is 20.2 Å². The zero-order valence-corrected chi connectivity index (χ0v) is 23.6. The Kier molecular flexibility index (Phi) is 6.75. The van der Waals surface area contributed by atoms with E-state index in [1.54, 1.807) is 0 Å². The van der Waals surface area contributed by atoms with Crippen molar-refractivity contribution in [1.29, 1.82) is 0 Å². The normalized spacial score (nSPS) is 41.1. The van der Waals surface area contributed by atoms with Crippen molar-refractivity contribution in [3.8, 4) is 0 Å². The number of rotatable bonds is 6. The van der Waals surface area contributed by atoms with E-state index in [0.717, 1.165) is 37.0 Å². The number of ketones is 1. The van der Waals surface area contributed by atoms with Crippen molar-refractivity contribution in [2.24, 2.45) is 34.5 Å². The molecule has 0 aliphatic heterocycles. The molecule has 0 aromatic rings. The summed E-state index contributed by atoms with van der Waals surface area (Å²) >= 11 is 0. The van der Waals surface area contributed by atoms with E-state index in [0.29, 0.717) is 23.2 Å². The molecule has 186 valence electrons. The smallest absolute Gasteiger partial charge is 0.192 e. The van der Waals surface area contributed by atoms with Gasteiger partial charge in [0.25, 0.3) is 0 Å². The molecule has 0 bridgehead atoms. The molecule has 0 aromatic carbocycles. The number of hydrogen-bond acceptors (Lipinski definition) is 2. The lowest BCUT2D eigenvalue weighted by Crippen LogP contribution is -2.55. The first-order valence-corrected chi connectivity index (χ1v) is 16.8. The topological polar surface area (TPSA) is 26.3 Å². The van der Waals surface area contributed by atoms with Crippen molar-refractivity contribution in [3.05, 3.63) is 24.3 Å². The van der Waals surface area contributed by atoms with Crippen LogP contribution in [0.1, 0.15) is 98.8 Å². The predicted octanol–water partition coefficient (Wildman–Crippen LogP) is 8.49. The minimum atomic E-state index is -1.77. The van der Waals surface area contributed by atoms with Crippen LogP contribution < -0.4 is 0 Å². The van der Waals surface area contributed by atoms with Gasteiger partial charge < -0.3 is 4.43 Å². The number of unbranched alkanes of at least 4 members (excludes halogenated alkanes) is 1. The van der Waals surface area contributed by atoms with Crippen molar-refractivity contribution < 1.29 is 9.22 Å². The third kappa shape index (κ3) is 4.18. The fourth-order valence-electron chi connectivity index (χ4n) is 8.35. The van der Waals surface area contributed by atoms with Crippen molar-refractivity contribution in [1.82, 2.24) is 0 Å². The second kappa shape index (κ2) is 8.77. The monoisotopic (exact) mass is 470 g/mol. The molecule has 3 heteroatoms. The molecule has 0 heterocycles. The molecular weight excluding hydrogens is 420 g/mol. The molecule has 0 radical (unpaired) electrons. The Labute approximate surface area is 205 Å². The molecule has 0 N–H and O–H groups in total. The van der Waals surface area contributed by atoms with E-state index < -0.39 is 8.32 Å². The van der Waals surface area contributed by atoms with Crippen LogP contribution in [0.3, 0.4) is 0 Å². The number of carbonyl (C=O) groups is 1. The highest BCUT2D eigenvalue weighted by molar-refractivity contribution is 6.74. The quantitative estimate of drug-likeness (QED) is 0.221. The maximum absolute atomic E-state index is 12.6. The van der Waals surface area contributed by atoms with Crippen molar-refractivity contribution in [2.45, 2.75) is 123 Å². The Bertz CT molecular complexity index is 805. The molecule has 3 saturated carbocycles. The van der Waals surface area contributed by atoms with Crippen LogP contribution in [0.4, 0.5) is 0 Å². The molecule has 4 aliphatic rings. The van der Waals surface area contributed by atoms with Crippen LogP contribution in [0, 0.1) is 34.5 Å². The Morgan fingerprint density at radius 2 is 1.88 bits per heavy atom. The molecule has 0 aromatic heterocycles. The van der Waals surface area contributed by atoms with Crippen LogP contribution in [0.15, 0.2) is 24.3 Å². The first-order chi connectivity index (χ1) is 15.3. The zero-order chi connectivity index (χ0) is 24.2. The van der Waals surface area contributed by atoms with Crippen LogP contribution in [-0.2, 0) is 9.22 Å².